The van der Waals surface area contributed by atoms with Crippen molar-refractivity contribution in [1.29, 1.82) is 0 Å². The van der Waals surface area contributed by atoms with Gasteiger partial charge in [0.1, 0.15) is 0 Å². The van der Waals surface area contributed by atoms with Crippen molar-refractivity contribution in [2.24, 2.45) is 0 Å². The number of aromatic nitrogens is 2. The average molecular weight is 333 g/mol. The van der Waals surface area contributed by atoms with Gasteiger partial charge in [0.25, 0.3) is 0 Å². The molecule has 1 aliphatic heterocycles. The molecule has 5 heteroatoms. The van der Waals surface area contributed by atoms with Gasteiger partial charge in [-0.25, -0.2) is 9.97 Å². The van der Waals surface area contributed by atoms with Crippen LogP contribution in [0.25, 0.3) is 0 Å². The number of benzene rings is 1. The molecule has 1 aromatic heterocycles. The van der Waals surface area contributed by atoms with Crippen LogP contribution < -0.4 is 10.2 Å². The van der Waals surface area contributed by atoms with Gasteiger partial charge in [0.2, 0.25) is 5.95 Å². The molecule has 1 saturated heterocycles. The standard InChI is InChI=1S/C15H17BrN4/c1-11-6-8-17-15(18-11)19-12-7-9-20(10-12)14-5-3-2-4-13(14)16/h2-6,8,12H,7,9-10H2,1H3,(H,17,18,19). The molecule has 1 N–H and O–H groups in total. The normalized spacial score (nSPS) is 18.3. The van der Waals surface area contributed by atoms with Gasteiger partial charge in [0, 0.05) is 35.5 Å². The number of halogens is 1. The zero-order valence-corrected chi connectivity index (χ0v) is 13.0. The molecule has 2 heterocycles. The molecule has 3 rings (SSSR count). The lowest BCUT2D eigenvalue weighted by atomic mass is 10.3. The highest BCUT2D eigenvalue weighted by atomic mass is 79.9. The molecule has 0 aliphatic carbocycles. The number of anilines is 2. The largest absolute Gasteiger partial charge is 0.368 e. The van der Waals surface area contributed by atoms with Crippen molar-refractivity contribution in [2.45, 2.75) is 19.4 Å². The van der Waals surface area contributed by atoms with Gasteiger partial charge in [-0.05, 0) is 47.5 Å². The molecule has 0 amide bonds. The maximum absolute atomic E-state index is 4.40. The van der Waals surface area contributed by atoms with Crippen molar-refractivity contribution in [2.75, 3.05) is 23.3 Å². The molecule has 20 heavy (non-hydrogen) atoms. The molecule has 0 radical (unpaired) electrons. The molecule has 2 aromatic rings. The molecule has 0 bridgehead atoms. The third-order valence-electron chi connectivity index (χ3n) is 3.51. The molecule has 0 saturated carbocycles. The smallest absolute Gasteiger partial charge is 0.223 e. The molecule has 1 fully saturated rings. The van der Waals surface area contributed by atoms with Crippen molar-refractivity contribution < 1.29 is 0 Å². The molecular formula is C15H17BrN4. The van der Waals surface area contributed by atoms with Crippen molar-refractivity contribution >= 4 is 27.6 Å². The van der Waals surface area contributed by atoms with Gasteiger partial charge in [-0.3, -0.25) is 0 Å². The molecule has 1 unspecified atom stereocenters. The van der Waals surface area contributed by atoms with Crippen LogP contribution in [0.1, 0.15) is 12.1 Å². The summed E-state index contributed by atoms with van der Waals surface area (Å²) in [7, 11) is 0. The highest BCUT2D eigenvalue weighted by Crippen LogP contribution is 2.29. The molecular weight excluding hydrogens is 316 g/mol. The van der Waals surface area contributed by atoms with Crippen LogP contribution in [0.15, 0.2) is 41.0 Å². The number of nitrogens with zero attached hydrogens (tertiary/aromatic N) is 3. The van der Waals surface area contributed by atoms with Crippen LogP contribution in [0.4, 0.5) is 11.6 Å². The summed E-state index contributed by atoms with van der Waals surface area (Å²) >= 11 is 3.62. The zero-order valence-electron chi connectivity index (χ0n) is 11.4. The fraction of sp³-hybridized carbons (Fsp3) is 0.333. The van der Waals surface area contributed by atoms with Crippen molar-refractivity contribution in [1.82, 2.24) is 9.97 Å². The summed E-state index contributed by atoms with van der Waals surface area (Å²) in [4.78, 5) is 11.1. The lowest BCUT2D eigenvalue weighted by Gasteiger charge is -2.20. The predicted octanol–water partition coefficient (Wildman–Crippen LogP) is 3.24. The second-order valence-corrected chi connectivity index (χ2v) is 5.90. The molecule has 0 spiro atoms. The van der Waals surface area contributed by atoms with Crippen LogP contribution in [0, 0.1) is 6.92 Å². The Bertz CT molecular complexity index is 602. The van der Waals surface area contributed by atoms with Gasteiger partial charge in [0.05, 0.1) is 5.69 Å². The fourth-order valence-electron chi connectivity index (χ4n) is 2.51. The number of hydrogen-bond acceptors (Lipinski definition) is 4. The molecule has 1 aliphatic rings. The van der Waals surface area contributed by atoms with Gasteiger partial charge >= 0.3 is 0 Å². The Morgan fingerprint density at radius 1 is 1.30 bits per heavy atom. The highest BCUT2D eigenvalue weighted by molar-refractivity contribution is 9.10. The van der Waals surface area contributed by atoms with E-state index in [2.05, 4.69) is 54.3 Å². The van der Waals surface area contributed by atoms with E-state index in [1.807, 2.05) is 19.1 Å². The van der Waals surface area contributed by atoms with E-state index < -0.39 is 0 Å². The van der Waals surface area contributed by atoms with E-state index >= 15 is 0 Å². The topological polar surface area (TPSA) is 41.1 Å². The Labute approximate surface area is 127 Å². The number of nitrogens with one attached hydrogen (secondary N) is 1. The van der Waals surface area contributed by atoms with E-state index in [0.29, 0.717) is 6.04 Å². The van der Waals surface area contributed by atoms with Crippen molar-refractivity contribution in [3.8, 4) is 0 Å². The monoisotopic (exact) mass is 332 g/mol. The van der Waals surface area contributed by atoms with E-state index in [0.717, 1.165) is 35.6 Å². The molecule has 1 atom stereocenters. The fourth-order valence-corrected chi connectivity index (χ4v) is 3.04. The average Bonchev–Trinajstić information content (AvgIpc) is 2.87. The Kier molecular flexibility index (Phi) is 3.87. The Hall–Kier alpha value is -1.62. The summed E-state index contributed by atoms with van der Waals surface area (Å²) in [5, 5.41) is 3.42. The number of para-hydroxylation sites is 1. The van der Waals surface area contributed by atoms with Crippen LogP contribution in [0.5, 0.6) is 0 Å². The minimum absolute atomic E-state index is 0.393. The minimum Gasteiger partial charge on any atom is -0.368 e. The summed E-state index contributed by atoms with van der Waals surface area (Å²) in [6, 6.07) is 10.6. The Balaban J connectivity index is 1.67. The maximum Gasteiger partial charge on any atom is 0.223 e. The van der Waals surface area contributed by atoms with Gasteiger partial charge < -0.3 is 10.2 Å². The molecule has 4 nitrogen and oxygen atoms in total. The van der Waals surface area contributed by atoms with Gasteiger partial charge in [0.15, 0.2) is 0 Å². The Morgan fingerprint density at radius 2 is 2.15 bits per heavy atom. The number of aryl methyl sites for hydroxylation is 1. The van der Waals surface area contributed by atoms with Crippen molar-refractivity contribution in [3.05, 3.63) is 46.7 Å². The van der Waals surface area contributed by atoms with Crippen LogP contribution >= 0.6 is 15.9 Å². The SMILES string of the molecule is Cc1ccnc(NC2CCN(c3ccccc3Br)C2)n1. The second-order valence-electron chi connectivity index (χ2n) is 5.05. The first-order valence-electron chi connectivity index (χ1n) is 6.78. The van der Waals surface area contributed by atoms with Crippen molar-refractivity contribution in [3.63, 3.8) is 0 Å². The third-order valence-corrected chi connectivity index (χ3v) is 4.18. The summed E-state index contributed by atoms with van der Waals surface area (Å²) in [6.45, 7) is 4.00. The first kappa shape index (κ1) is 13.4. The lowest BCUT2D eigenvalue weighted by Crippen LogP contribution is -2.26. The highest BCUT2D eigenvalue weighted by Gasteiger charge is 2.24. The van der Waals surface area contributed by atoms with E-state index in [4.69, 9.17) is 0 Å². The van der Waals surface area contributed by atoms with Crippen LogP contribution in [-0.2, 0) is 0 Å². The Morgan fingerprint density at radius 3 is 2.95 bits per heavy atom. The van der Waals surface area contributed by atoms with Crippen LogP contribution in [0.2, 0.25) is 0 Å². The van der Waals surface area contributed by atoms with E-state index in [1.54, 1.807) is 6.20 Å². The van der Waals surface area contributed by atoms with Crippen LogP contribution in [0.3, 0.4) is 0 Å². The second kappa shape index (κ2) is 5.79. The summed E-state index contributed by atoms with van der Waals surface area (Å²) < 4.78 is 1.15. The third kappa shape index (κ3) is 2.93. The van der Waals surface area contributed by atoms with E-state index in [9.17, 15) is 0 Å². The number of rotatable bonds is 3. The molecule has 1 aromatic carbocycles. The van der Waals surface area contributed by atoms with E-state index in [1.165, 1.54) is 5.69 Å². The zero-order chi connectivity index (χ0) is 13.9. The number of hydrogen-bond donors (Lipinski definition) is 1. The summed E-state index contributed by atoms with van der Waals surface area (Å²) in [5.74, 6) is 0.726. The van der Waals surface area contributed by atoms with Gasteiger partial charge in [-0.2, -0.15) is 0 Å². The summed E-state index contributed by atoms with van der Waals surface area (Å²) in [6.07, 6.45) is 2.89. The lowest BCUT2D eigenvalue weighted by molar-refractivity contribution is 0.790. The van der Waals surface area contributed by atoms with Crippen LogP contribution in [-0.4, -0.2) is 29.1 Å². The first-order valence-corrected chi connectivity index (χ1v) is 7.57. The summed E-state index contributed by atoms with van der Waals surface area (Å²) in [5.41, 5.74) is 2.24. The quantitative estimate of drug-likeness (QED) is 0.936. The van der Waals surface area contributed by atoms with E-state index in [-0.39, 0.29) is 0 Å². The predicted molar refractivity (Wildman–Crippen MR) is 85.2 cm³/mol. The molecule has 104 valence electrons. The van der Waals surface area contributed by atoms with Gasteiger partial charge in [-0.15, -0.1) is 0 Å². The van der Waals surface area contributed by atoms with Gasteiger partial charge in [-0.1, -0.05) is 12.1 Å². The minimum atomic E-state index is 0.393. The maximum atomic E-state index is 4.40. The first-order chi connectivity index (χ1) is 9.72.